The Labute approximate surface area is 208 Å². The predicted octanol–water partition coefficient (Wildman–Crippen LogP) is 4.07. The monoisotopic (exact) mass is 494 g/mol. The second kappa shape index (κ2) is 9.47. The van der Waals surface area contributed by atoms with Gasteiger partial charge in [-0.05, 0) is 31.5 Å². The summed E-state index contributed by atoms with van der Waals surface area (Å²) in [7, 11) is 0. The lowest BCUT2D eigenvalue weighted by atomic mass is 10.2. The molecule has 1 aromatic carbocycles. The summed E-state index contributed by atoms with van der Waals surface area (Å²) in [6.07, 6.45) is 0. The van der Waals surface area contributed by atoms with Gasteiger partial charge in [-0.25, -0.2) is 15.0 Å². The second-order valence-corrected chi connectivity index (χ2v) is 11.5. The second-order valence-electron chi connectivity index (χ2n) is 9.15. The van der Waals surface area contributed by atoms with Crippen molar-refractivity contribution in [3.63, 3.8) is 0 Å². The molecule has 2 aliphatic rings. The van der Waals surface area contributed by atoms with Crippen molar-refractivity contribution >= 4 is 48.9 Å². The predicted molar refractivity (Wildman–Crippen MR) is 140 cm³/mol. The Balaban J connectivity index is 1.21. The number of rotatable bonds is 5. The number of fused-ring (bicyclic) bond motifs is 2. The third-order valence-corrected chi connectivity index (χ3v) is 9.02. The van der Waals surface area contributed by atoms with Gasteiger partial charge in [-0.1, -0.05) is 12.1 Å². The maximum absolute atomic E-state index is 5.52. The molecule has 4 aromatic rings. The van der Waals surface area contributed by atoms with Gasteiger partial charge in [0, 0.05) is 44.1 Å². The molecule has 0 saturated carbocycles. The van der Waals surface area contributed by atoms with Crippen LogP contribution in [0.2, 0.25) is 0 Å². The Morgan fingerprint density at radius 1 is 0.853 bits per heavy atom. The Morgan fingerprint density at radius 3 is 2.41 bits per heavy atom. The van der Waals surface area contributed by atoms with Crippen molar-refractivity contribution in [2.24, 2.45) is 0 Å². The fourth-order valence-corrected chi connectivity index (χ4v) is 6.88. The number of nitrogens with zero attached hydrogens (tertiary/aromatic N) is 6. The van der Waals surface area contributed by atoms with Crippen molar-refractivity contribution in [2.45, 2.75) is 26.9 Å². The lowest BCUT2D eigenvalue weighted by molar-refractivity contribution is 0.0331. The SMILES string of the molecule is Cc1sc2nc(CN3CCOCC3)nc(N3CCN(Cc4nc5ccccc5s4)CC3)c2c1C. The highest BCUT2D eigenvalue weighted by atomic mass is 32.1. The fraction of sp³-hybridized carbons (Fsp3) is 0.480. The van der Waals surface area contributed by atoms with E-state index in [0.29, 0.717) is 0 Å². The zero-order chi connectivity index (χ0) is 23.1. The molecule has 2 aliphatic heterocycles. The standard InChI is InChI=1S/C25H30N6OS2/c1-17-18(2)33-25-23(17)24(27-21(28-25)15-30-11-13-32-14-12-30)31-9-7-29(8-10-31)16-22-26-19-5-3-4-6-20(19)34-22/h3-6H,7-16H2,1-2H3. The van der Waals surface area contributed by atoms with E-state index in [0.717, 1.165) is 87.6 Å². The summed E-state index contributed by atoms with van der Waals surface area (Å²) in [4.78, 5) is 24.8. The van der Waals surface area contributed by atoms with E-state index in [4.69, 9.17) is 19.7 Å². The highest BCUT2D eigenvalue weighted by Crippen LogP contribution is 2.35. The first kappa shape index (κ1) is 22.3. The number of thiophene rings is 1. The van der Waals surface area contributed by atoms with Crippen LogP contribution in [0.3, 0.4) is 0 Å². The highest BCUT2D eigenvalue weighted by Gasteiger charge is 2.24. The van der Waals surface area contributed by atoms with Crippen LogP contribution in [0.25, 0.3) is 20.4 Å². The molecule has 178 valence electrons. The Hall–Kier alpha value is -2.17. The smallest absolute Gasteiger partial charge is 0.146 e. The molecule has 0 unspecified atom stereocenters. The molecule has 0 bridgehead atoms. The third kappa shape index (κ3) is 4.43. The number of hydrogen-bond acceptors (Lipinski definition) is 9. The molecule has 0 atom stereocenters. The van der Waals surface area contributed by atoms with Crippen molar-refractivity contribution in [2.75, 3.05) is 57.4 Å². The number of piperazine rings is 1. The molecule has 0 N–H and O–H groups in total. The van der Waals surface area contributed by atoms with Gasteiger partial charge < -0.3 is 9.64 Å². The Bertz CT molecular complexity index is 1270. The summed E-state index contributed by atoms with van der Waals surface area (Å²) in [5, 5.41) is 2.45. The van der Waals surface area contributed by atoms with Crippen LogP contribution in [0.5, 0.6) is 0 Å². The van der Waals surface area contributed by atoms with Gasteiger partial charge in [0.05, 0.1) is 41.9 Å². The molecule has 9 heteroatoms. The van der Waals surface area contributed by atoms with Crippen molar-refractivity contribution in [3.05, 3.63) is 45.5 Å². The molecule has 0 radical (unpaired) electrons. The highest BCUT2D eigenvalue weighted by molar-refractivity contribution is 7.19. The van der Waals surface area contributed by atoms with Gasteiger partial charge in [0.25, 0.3) is 0 Å². The van der Waals surface area contributed by atoms with E-state index in [1.165, 1.54) is 25.5 Å². The Morgan fingerprint density at radius 2 is 1.62 bits per heavy atom. The molecule has 5 heterocycles. The normalized spacial score (nSPS) is 18.4. The largest absolute Gasteiger partial charge is 0.379 e. The fourth-order valence-electron chi connectivity index (χ4n) is 4.83. The van der Waals surface area contributed by atoms with Crippen molar-refractivity contribution < 1.29 is 4.74 Å². The van der Waals surface area contributed by atoms with E-state index in [1.54, 1.807) is 11.3 Å². The van der Waals surface area contributed by atoms with Crippen LogP contribution >= 0.6 is 22.7 Å². The van der Waals surface area contributed by atoms with Crippen molar-refractivity contribution in [3.8, 4) is 0 Å². The molecule has 0 aliphatic carbocycles. The van der Waals surface area contributed by atoms with E-state index in [1.807, 2.05) is 11.3 Å². The van der Waals surface area contributed by atoms with Crippen LogP contribution in [-0.4, -0.2) is 77.2 Å². The Kier molecular flexibility index (Phi) is 6.21. The van der Waals surface area contributed by atoms with Gasteiger partial charge in [0.15, 0.2) is 0 Å². The number of morpholine rings is 1. The minimum Gasteiger partial charge on any atom is -0.379 e. The molecule has 2 saturated heterocycles. The van der Waals surface area contributed by atoms with E-state index in [2.05, 4.69) is 52.8 Å². The first-order chi connectivity index (χ1) is 16.6. The number of hydrogen-bond donors (Lipinski definition) is 0. The van der Waals surface area contributed by atoms with Gasteiger partial charge in [-0.3, -0.25) is 9.80 Å². The van der Waals surface area contributed by atoms with Crippen LogP contribution in [0.15, 0.2) is 24.3 Å². The van der Waals surface area contributed by atoms with Crippen LogP contribution in [0.1, 0.15) is 21.3 Å². The third-order valence-electron chi connectivity index (χ3n) is 6.89. The lowest BCUT2D eigenvalue weighted by Crippen LogP contribution is -2.46. The number of thiazole rings is 1. The maximum Gasteiger partial charge on any atom is 0.146 e. The van der Waals surface area contributed by atoms with E-state index in [-0.39, 0.29) is 0 Å². The number of benzene rings is 1. The molecule has 2 fully saturated rings. The topological polar surface area (TPSA) is 57.6 Å². The quantitative estimate of drug-likeness (QED) is 0.414. The van der Waals surface area contributed by atoms with Crippen LogP contribution in [0.4, 0.5) is 5.82 Å². The van der Waals surface area contributed by atoms with Crippen molar-refractivity contribution in [1.82, 2.24) is 24.8 Å². The van der Waals surface area contributed by atoms with E-state index < -0.39 is 0 Å². The summed E-state index contributed by atoms with van der Waals surface area (Å²) in [6, 6.07) is 8.42. The summed E-state index contributed by atoms with van der Waals surface area (Å²) < 4.78 is 6.79. The summed E-state index contributed by atoms with van der Waals surface area (Å²) >= 11 is 3.61. The zero-order valence-corrected chi connectivity index (χ0v) is 21.4. The van der Waals surface area contributed by atoms with Gasteiger partial charge in [-0.2, -0.15) is 0 Å². The van der Waals surface area contributed by atoms with Gasteiger partial charge in [-0.15, -0.1) is 22.7 Å². The number of ether oxygens (including phenoxy) is 1. The molecule has 0 spiro atoms. The molecular weight excluding hydrogens is 464 g/mol. The maximum atomic E-state index is 5.52. The van der Waals surface area contributed by atoms with Gasteiger partial charge in [0.2, 0.25) is 0 Å². The van der Waals surface area contributed by atoms with Crippen molar-refractivity contribution in [1.29, 1.82) is 0 Å². The summed E-state index contributed by atoms with van der Waals surface area (Å²) in [5.41, 5.74) is 2.44. The van der Waals surface area contributed by atoms with Crippen LogP contribution < -0.4 is 4.90 Å². The minimum absolute atomic E-state index is 0.792. The van der Waals surface area contributed by atoms with E-state index >= 15 is 0 Å². The number of aromatic nitrogens is 3. The first-order valence-electron chi connectivity index (χ1n) is 12.0. The van der Waals surface area contributed by atoms with Crippen LogP contribution in [0, 0.1) is 13.8 Å². The number of para-hydroxylation sites is 1. The zero-order valence-electron chi connectivity index (χ0n) is 19.8. The first-order valence-corrected chi connectivity index (χ1v) is 13.7. The van der Waals surface area contributed by atoms with E-state index in [9.17, 15) is 0 Å². The summed E-state index contributed by atoms with van der Waals surface area (Å²) in [5.74, 6) is 2.05. The average Bonchev–Trinajstić information content (AvgIpc) is 3.39. The molecule has 34 heavy (non-hydrogen) atoms. The number of anilines is 1. The molecule has 7 nitrogen and oxygen atoms in total. The minimum atomic E-state index is 0.792. The average molecular weight is 495 g/mol. The molecule has 0 amide bonds. The van der Waals surface area contributed by atoms with Crippen LogP contribution in [-0.2, 0) is 17.8 Å². The number of aryl methyl sites for hydroxylation is 2. The van der Waals surface area contributed by atoms with Gasteiger partial charge in [0.1, 0.15) is 21.5 Å². The lowest BCUT2D eigenvalue weighted by Gasteiger charge is -2.35. The molecule has 6 rings (SSSR count). The summed E-state index contributed by atoms with van der Waals surface area (Å²) in [6.45, 7) is 13.6. The molecular formula is C25H30N6OS2. The molecule has 3 aromatic heterocycles. The van der Waals surface area contributed by atoms with Gasteiger partial charge >= 0.3 is 0 Å².